The molecule has 1 heterocycles. The zero-order valence-electron chi connectivity index (χ0n) is 8.51. The Bertz CT molecular complexity index is 378. The predicted octanol–water partition coefficient (Wildman–Crippen LogP) is 4.24. The standard InChI is InChI=1S/C6H2F12OP/c7-1-2(8,9)3(10,11)4(12,13)5(14,15)6(16,17)20(1,18)19/h1,19H/q+1. The molecule has 14 heteroatoms. The van der Waals surface area contributed by atoms with Crippen molar-refractivity contribution in [3.63, 3.8) is 0 Å². The highest BCUT2D eigenvalue weighted by Gasteiger charge is 3.02. The molecule has 1 rings (SSSR count). The van der Waals surface area contributed by atoms with Gasteiger partial charge in [-0.15, -0.1) is 0 Å². The number of halogens is 12. The lowest BCUT2D eigenvalue weighted by Gasteiger charge is -2.32. The number of rotatable bonds is 0. The van der Waals surface area contributed by atoms with Crippen LogP contribution in [0.2, 0.25) is 0 Å². The van der Waals surface area contributed by atoms with Gasteiger partial charge in [-0.05, 0) is 4.20 Å². The Morgan fingerprint density at radius 1 is 0.700 bits per heavy atom. The van der Waals surface area contributed by atoms with E-state index < -0.39 is 43.1 Å². The van der Waals surface area contributed by atoms with Crippen LogP contribution in [0.25, 0.3) is 0 Å². The molecule has 1 N–H and O–H groups in total. The molecule has 0 amide bonds. The first-order valence-electron chi connectivity index (χ1n) is 4.25. The van der Waals surface area contributed by atoms with E-state index in [2.05, 4.69) is 0 Å². The molecule has 0 saturated carbocycles. The predicted molar refractivity (Wildman–Crippen MR) is 39.9 cm³/mol. The first-order valence-corrected chi connectivity index (χ1v) is 5.95. The fraction of sp³-hybridized carbons (Fsp3) is 1.00. The zero-order valence-corrected chi connectivity index (χ0v) is 9.40. The maximum absolute atomic E-state index is 12.9. The molecule has 2 atom stereocenters. The summed E-state index contributed by atoms with van der Waals surface area (Å²) in [5, 5.41) is 0. The lowest BCUT2D eigenvalue weighted by molar-refractivity contribution is -0.385. The van der Waals surface area contributed by atoms with E-state index >= 15 is 0 Å². The zero-order chi connectivity index (χ0) is 16.6. The Hall–Kier alpha value is -0.450. The van der Waals surface area contributed by atoms with Crippen molar-refractivity contribution in [2.45, 2.75) is 35.3 Å². The van der Waals surface area contributed by atoms with Crippen LogP contribution >= 0.6 is 7.80 Å². The van der Waals surface area contributed by atoms with Crippen molar-refractivity contribution in [1.29, 1.82) is 0 Å². The van der Waals surface area contributed by atoms with E-state index in [9.17, 15) is 52.5 Å². The highest BCUT2D eigenvalue weighted by Crippen LogP contribution is 2.83. The van der Waals surface area contributed by atoms with Gasteiger partial charge >= 0.3 is 43.1 Å². The first-order chi connectivity index (χ1) is 8.40. The summed E-state index contributed by atoms with van der Waals surface area (Å²) < 4.78 is 152. The van der Waals surface area contributed by atoms with Crippen molar-refractivity contribution in [3.05, 3.63) is 0 Å². The lowest BCUT2D eigenvalue weighted by atomic mass is 9.99. The summed E-state index contributed by atoms with van der Waals surface area (Å²) in [6.45, 7) is 0. The monoisotopic (exact) mass is 349 g/mol. The average Bonchev–Trinajstić information content (AvgIpc) is 2.25. The molecule has 1 fully saturated rings. The van der Waals surface area contributed by atoms with Crippen LogP contribution in [-0.2, 0) is 0 Å². The van der Waals surface area contributed by atoms with Crippen LogP contribution in [0.1, 0.15) is 0 Å². The van der Waals surface area contributed by atoms with Crippen molar-refractivity contribution in [2.24, 2.45) is 0 Å². The molecular formula is C6H2F12OP+. The highest BCUT2D eigenvalue weighted by molar-refractivity contribution is 7.67. The minimum absolute atomic E-state index is 5.63. The van der Waals surface area contributed by atoms with Crippen LogP contribution in [0, 0.1) is 0 Å². The smallest absolute Gasteiger partial charge is 0.207 e. The van der Waals surface area contributed by atoms with E-state index in [1.165, 1.54) is 0 Å². The van der Waals surface area contributed by atoms with Gasteiger partial charge < -0.3 is 0 Å². The first kappa shape index (κ1) is 17.6. The highest BCUT2D eigenvalue weighted by atomic mass is 31.2. The molecular weight excluding hydrogens is 347 g/mol. The van der Waals surface area contributed by atoms with Crippen LogP contribution in [-0.4, -0.2) is 40.2 Å². The van der Waals surface area contributed by atoms with Crippen molar-refractivity contribution in [1.82, 2.24) is 0 Å². The Morgan fingerprint density at radius 2 is 1.05 bits per heavy atom. The summed E-state index contributed by atoms with van der Waals surface area (Å²) in [7, 11) is -8.04. The molecule has 0 aromatic rings. The Kier molecular flexibility index (Phi) is 3.38. The van der Waals surface area contributed by atoms with Gasteiger partial charge in [-0.1, -0.05) is 0 Å². The van der Waals surface area contributed by atoms with Gasteiger partial charge in [0.15, 0.2) is 0 Å². The number of hydrogen-bond acceptors (Lipinski definition) is 1. The second kappa shape index (κ2) is 3.84. The SMILES string of the molecule is O[P+]1(F)C(F)C(F)(F)C(F)(F)C(F)(F)C(F)(F)C1(F)F. The van der Waals surface area contributed by atoms with E-state index in [0.717, 1.165) is 0 Å². The van der Waals surface area contributed by atoms with Crippen LogP contribution in [0.4, 0.5) is 52.5 Å². The van der Waals surface area contributed by atoms with Crippen molar-refractivity contribution in [3.8, 4) is 0 Å². The van der Waals surface area contributed by atoms with Crippen molar-refractivity contribution < 1.29 is 57.4 Å². The van der Waals surface area contributed by atoms with Crippen molar-refractivity contribution >= 4 is 7.80 Å². The summed E-state index contributed by atoms with van der Waals surface area (Å²) >= 11 is 0. The maximum atomic E-state index is 12.9. The molecule has 1 aliphatic rings. The summed E-state index contributed by atoms with van der Waals surface area (Å²) in [5.41, 5.74) is -7.15. The van der Waals surface area contributed by atoms with E-state index in [1.54, 1.807) is 0 Å². The van der Waals surface area contributed by atoms with Gasteiger partial charge in [-0.3, -0.25) is 0 Å². The van der Waals surface area contributed by atoms with Gasteiger partial charge in [0.2, 0.25) is 0 Å². The second-order valence-electron chi connectivity index (χ2n) is 3.83. The van der Waals surface area contributed by atoms with Gasteiger partial charge in [0.1, 0.15) is 0 Å². The second-order valence-corrected chi connectivity index (χ2v) is 6.05. The van der Waals surface area contributed by atoms with Crippen LogP contribution < -0.4 is 0 Å². The molecule has 20 heavy (non-hydrogen) atoms. The van der Waals surface area contributed by atoms with Crippen LogP contribution in [0.3, 0.4) is 0 Å². The number of alkyl halides is 11. The maximum Gasteiger partial charge on any atom is 0.486 e. The Labute approximate surface area is 102 Å². The molecule has 0 aromatic carbocycles. The fourth-order valence-electron chi connectivity index (χ4n) is 1.30. The lowest BCUT2D eigenvalue weighted by Crippen LogP contribution is -2.65. The largest absolute Gasteiger partial charge is 0.486 e. The molecule has 0 bridgehead atoms. The topological polar surface area (TPSA) is 20.2 Å². The third-order valence-corrected chi connectivity index (χ3v) is 4.57. The summed E-state index contributed by atoms with van der Waals surface area (Å²) in [6, 6.07) is 0. The minimum Gasteiger partial charge on any atom is -0.207 e. The molecule has 1 saturated heterocycles. The third kappa shape index (κ3) is 1.50. The van der Waals surface area contributed by atoms with Gasteiger partial charge in [0, 0.05) is 0 Å². The van der Waals surface area contributed by atoms with Gasteiger partial charge in [-0.2, -0.15) is 48.3 Å². The Morgan fingerprint density at radius 3 is 1.40 bits per heavy atom. The Balaban J connectivity index is 3.83. The number of hydrogen-bond donors (Lipinski definition) is 1. The van der Waals surface area contributed by atoms with Crippen molar-refractivity contribution in [2.75, 3.05) is 0 Å². The normalized spacial score (nSPS) is 41.0. The van der Waals surface area contributed by atoms with E-state index in [1.807, 2.05) is 0 Å². The van der Waals surface area contributed by atoms with E-state index in [-0.39, 0.29) is 0 Å². The quantitative estimate of drug-likeness (QED) is 0.512. The molecule has 2 unspecified atom stereocenters. The molecule has 0 radical (unpaired) electrons. The minimum atomic E-state index is -8.04. The van der Waals surface area contributed by atoms with Crippen LogP contribution in [0.5, 0.6) is 0 Å². The summed E-state index contributed by atoms with van der Waals surface area (Å²) in [6.07, 6.45) is 0. The fourth-order valence-corrected chi connectivity index (χ4v) is 2.71. The molecule has 1 aliphatic heterocycles. The molecule has 0 spiro atoms. The van der Waals surface area contributed by atoms with E-state index in [4.69, 9.17) is 4.89 Å². The molecule has 0 aliphatic carbocycles. The van der Waals surface area contributed by atoms with Gasteiger partial charge in [0.05, 0.1) is 0 Å². The molecule has 120 valence electrons. The molecule has 0 aromatic heterocycles. The summed E-state index contributed by atoms with van der Waals surface area (Å²) in [4.78, 5) is 8.18. The summed E-state index contributed by atoms with van der Waals surface area (Å²) in [5.74, 6) is -35.0. The third-order valence-electron chi connectivity index (χ3n) is 2.58. The molecule has 1 nitrogen and oxygen atoms in total. The van der Waals surface area contributed by atoms with E-state index in [0.29, 0.717) is 0 Å². The van der Waals surface area contributed by atoms with Crippen LogP contribution in [0.15, 0.2) is 0 Å². The van der Waals surface area contributed by atoms with Gasteiger partial charge in [0.25, 0.3) is 0 Å². The average molecular weight is 349 g/mol. The van der Waals surface area contributed by atoms with Gasteiger partial charge in [-0.25, -0.2) is 4.89 Å².